The van der Waals surface area contributed by atoms with Crippen LogP contribution in [0, 0.1) is 0 Å². The van der Waals surface area contributed by atoms with E-state index in [1.165, 1.54) is 30.6 Å². The third-order valence-electron chi connectivity index (χ3n) is 7.90. The molecule has 202 valence electrons. The fraction of sp³-hybridized carbons (Fsp3) is 0.355. The molecule has 4 heterocycles. The van der Waals surface area contributed by atoms with E-state index >= 15 is 0 Å². The summed E-state index contributed by atoms with van der Waals surface area (Å²) in [6.07, 6.45) is 6.50. The van der Waals surface area contributed by atoms with Crippen molar-refractivity contribution in [2.75, 3.05) is 39.0 Å². The van der Waals surface area contributed by atoms with Crippen molar-refractivity contribution >= 4 is 33.1 Å². The van der Waals surface area contributed by atoms with Crippen LogP contribution in [0.4, 0.5) is 5.82 Å². The molecule has 8 heteroatoms. The molecular weight excluding hydrogens is 508 g/mol. The lowest BCUT2D eigenvalue weighted by Crippen LogP contribution is -2.45. The molecular formula is C31H34N4O3S. The minimum atomic E-state index is 0.113. The molecule has 0 bridgehead atoms. The minimum Gasteiger partial charge on any atom is -0.497 e. The summed E-state index contributed by atoms with van der Waals surface area (Å²) in [4.78, 5) is 23.2. The van der Waals surface area contributed by atoms with Gasteiger partial charge >= 0.3 is 0 Å². The van der Waals surface area contributed by atoms with E-state index in [-0.39, 0.29) is 5.91 Å². The lowest BCUT2D eigenvalue weighted by molar-refractivity contribution is 0.0644. The standard InChI is InChI=1S/C31H34N4O3S/c1-37-26-8-9-29-23(16-26)17-27(39-29)20-38-28-18-24(19-33-30(28)32)21-4-6-22(7-5-21)31(36)35-14-10-25(11-15-35)34-12-2-3-13-34/h4-9,16-19,25H,2-3,10-15,20H2,1H3,(H2,32,33). The predicted molar refractivity (Wildman–Crippen MR) is 157 cm³/mol. The third kappa shape index (κ3) is 5.58. The quantitative estimate of drug-likeness (QED) is 0.316. The molecule has 7 nitrogen and oxygen atoms in total. The van der Waals surface area contributed by atoms with E-state index in [2.05, 4.69) is 22.0 Å². The van der Waals surface area contributed by atoms with E-state index in [4.69, 9.17) is 15.2 Å². The summed E-state index contributed by atoms with van der Waals surface area (Å²) in [5.41, 5.74) is 8.72. The van der Waals surface area contributed by atoms with Gasteiger partial charge in [-0.3, -0.25) is 4.79 Å². The number of carbonyl (C=O) groups excluding carboxylic acids is 1. The number of hydrogen-bond donors (Lipinski definition) is 1. The second-order valence-corrected chi connectivity index (χ2v) is 11.5. The molecule has 2 aromatic carbocycles. The number of thiophene rings is 1. The highest BCUT2D eigenvalue weighted by atomic mass is 32.1. The van der Waals surface area contributed by atoms with E-state index in [1.807, 2.05) is 47.4 Å². The lowest BCUT2D eigenvalue weighted by Gasteiger charge is -2.36. The number of nitrogens with zero attached hydrogens (tertiary/aromatic N) is 3. The number of benzene rings is 2. The topological polar surface area (TPSA) is 80.9 Å². The summed E-state index contributed by atoms with van der Waals surface area (Å²) in [6.45, 7) is 4.50. The number of anilines is 1. The van der Waals surface area contributed by atoms with Gasteiger partial charge in [0.25, 0.3) is 5.91 Å². The van der Waals surface area contributed by atoms with Gasteiger partial charge in [0.15, 0.2) is 11.6 Å². The number of likely N-dealkylation sites (tertiary alicyclic amines) is 2. The zero-order valence-electron chi connectivity index (χ0n) is 22.3. The van der Waals surface area contributed by atoms with E-state index in [1.54, 1.807) is 24.6 Å². The number of fused-ring (bicyclic) bond motifs is 1. The average molecular weight is 543 g/mol. The number of nitrogens with two attached hydrogens (primary N) is 1. The smallest absolute Gasteiger partial charge is 0.253 e. The molecule has 2 aromatic heterocycles. The maximum Gasteiger partial charge on any atom is 0.253 e. The minimum absolute atomic E-state index is 0.113. The first-order chi connectivity index (χ1) is 19.1. The second kappa shape index (κ2) is 11.2. The summed E-state index contributed by atoms with van der Waals surface area (Å²) in [5, 5.41) is 1.13. The van der Waals surface area contributed by atoms with Gasteiger partial charge in [-0.25, -0.2) is 4.98 Å². The van der Waals surface area contributed by atoms with E-state index in [0.717, 1.165) is 58.6 Å². The van der Waals surface area contributed by atoms with Gasteiger partial charge in [0, 0.05) is 46.0 Å². The zero-order valence-corrected chi connectivity index (χ0v) is 23.1. The van der Waals surface area contributed by atoms with Crippen molar-refractivity contribution in [2.24, 2.45) is 0 Å². The molecule has 0 radical (unpaired) electrons. The fourth-order valence-electron chi connectivity index (χ4n) is 5.68. The Morgan fingerprint density at radius 3 is 2.51 bits per heavy atom. The first-order valence-corrected chi connectivity index (χ1v) is 14.5. The first-order valence-electron chi connectivity index (χ1n) is 13.7. The Hall–Kier alpha value is -3.62. The maximum absolute atomic E-state index is 13.2. The Bertz CT molecular complexity index is 1450. The molecule has 2 aliphatic rings. The zero-order chi connectivity index (χ0) is 26.8. The number of amides is 1. The van der Waals surface area contributed by atoms with Crippen molar-refractivity contribution in [1.29, 1.82) is 0 Å². The molecule has 0 spiro atoms. The predicted octanol–water partition coefficient (Wildman–Crippen LogP) is 5.83. The molecule has 2 saturated heterocycles. The van der Waals surface area contributed by atoms with Gasteiger partial charge in [-0.2, -0.15) is 0 Å². The van der Waals surface area contributed by atoms with Crippen LogP contribution in [0.25, 0.3) is 21.2 Å². The molecule has 0 saturated carbocycles. The highest BCUT2D eigenvalue weighted by Gasteiger charge is 2.28. The van der Waals surface area contributed by atoms with Crippen molar-refractivity contribution in [3.63, 3.8) is 0 Å². The molecule has 4 aromatic rings. The van der Waals surface area contributed by atoms with Crippen LogP contribution in [0.3, 0.4) is 0 Å². The average Bonchev–Trinajstić information content (AvgIpc) is 3.66. The maximum atomic E-state index is 13.2. The Labute approximate surface area is 233 Å². The molecule has 1 amide bonds. The molecule has 2 fully saturated rings. The Kier molecular flexibility index (Phi) is 7.39. The summed E-state index contributed by atoms with van der Waals surface area (Å²) >= 11 is 1.68. The monoisotopic (exact) mass is 542 g/mol. The number of methoxy groups -OCH3 is 1. The van der Waals surface area contributed by atoms with Gasteiger partial charge in [0.05, 0.1) is 7.11 Å². The molecule has 0 unspecified atom stereocenters. The summed E-state index contributed by atoms with van der Waals surface area (Å²) in [6, 6.07) is 18.5. The SMILES string of the molecule is COc1ccc2sc(COc3cc(-c4ccc(C(=O)N5CCC(N6CCCC6)CC5)cc4)cnc3N)cc2c1. The van der Waals surface area contributed by atoms with Crippen LogP contribution in [0.2, 0.25) is 0 Å². The van der Waals surface area contributed by atoms with E-state index in [9.17, 15) is 4.79 Å². The largest absolute Gasteiger partial charge is 0.497 e. The molecule has 39 heavy (non-hydrogen) atoms. The highest BCUT2D eigenvalue weighted by Crippen LogP contribution is 2.32. The molecule has 2 aliphatic heterocycles. The summed E-state index contributed by atoms with van der Waals surface area (Å²) < 4.78 is 12.6. The fourth-order valence-corrected chi connectivity index (χ4v) is 6.64. The molecule has 0 aliphatic carbocycles. The van der Waals surface area contributed by atoms with Crippen LogP contribution >= 0.6 is 11.3 Å². The summed E-state index contributed by atoms with van der Waals surface area (Å²) in [5.74, 6) is 1.85. The molecule has 2 N–H and O–H groups in total. The number of carbonyl (C=O) groups is 1. The van der Waals surface area contributed by atoms with Crippen LogP contribution in [-0.4, -0.2) is 60.0 Å². The number of hydrogen-bond acceptors (Lipinski definition) is 7. The van der Waals surface area contributed by atoms with Crippen molar-refractivity contribution in [2.45, 2.75) is 38.3 Å². The van der Waals surface area contributed by atoms with Gasteiger partial charge in [-0.05, 0) is 92.2 Å². The first kappa shape index (κ1) is 25.6. The molecule has 6 rings (SSSR count). The van der Waals surface area contributed by atoms with Gasteiger partial charge in [-0.1, -0.05) is 12.1 Å². The van der Waals surface area contributed by atoms with Gasteiger partial charge in [-0.15, -0.1) is 11.3 Å². The lowest BCUT2D eigenvalue weighted by atomic mass is 10.0. The van der Waals surface area contributed by atoms with Crippen molar-refractivity contribution in [3.05, 3.63) is 71.2 Å². The Morgan fingerprint density at radius 1 is 1.00 bits per heavy atom. The number of nitrogen functional groups attached to an aromatic ring is 1. The number of piperidine rings is 1. The number of ether oxygens (including phenoxy) is 2. The van der Waals surface area contributed by atoms with Crippen LogP contribution in [0.15, 0.2) is 60.8 Å². The highest BCUT2D eigenvalue weighted by molar-refractivity contribution is 7.19. The van der Waals surface area contributed by atoms with Crippen LogP contribution in [0.5, 0.6) is 11.5 Å². The summed E-state index contributed by atoms with van der Waals surface area (Å²) in [7, 11) is 1.67. The number of aromatic nitrogens is 1. The van der Waals surface area contributed by atoms with Crippen LogP contribution in [-0.2, 0) is 6.61 Å². The van der Waals surface area contributed by atoms with Crippen molar-refractivity contribution in [1.82, 2.24) is 14.8 Å². The number of pyridine rings is 1. The van der Waals surface area contributed by atoms with Crippen LogP contribution < -0.4 is 15.2 Å². The molecule has 0 atom stereocenters. The van der Waals surface area contributed by atoms with Gasteiger partial charge < -0.3 is 25.0 Å². The third-order valence-corrected chi connectivity index (χ3v) is 8.99. The van der Waals surface area contributed by atoms with E-state index in [0.29, 0.717) is 24.2 Å². The Balaban J connectivity index is 1.10. The van der Waals surface area contributed by atoms with Crippen molar-refractivity contribution in [3.8, 4) is 22.6 Å². The second-order valence-electron chi connectivity index (χ2n) is 10.4. The number of rotatable bonds is 7. The normalized spacial score (nSPS) is 16.6. The van der Waals surface area contributed by atoms with Crippen LogP contribution in [0.1, 0.15) is 40.9 Å². The Morgan fingerprint density at radius 2 is 1.77 bits per heavy atom. The van der Waals surface area contributed by atoms with Crippen molar-refractivity contribution < 1.29 is 14.3 Å². The van der Waals surface area contributed by atoms with Gasteiger partial charge in [0.2, 0.25) is 0 Å². The van der Waals surface area contributed by atoms with E-state index < -0.39 is 0 Å². The van der Waals surface area contributed by atoms with Gasteiger partial charge in [0.1, 0.15) is 12.4 Å².